The number of hydrogen-bond acceptors (Lipinski definition) is 3. The molecule has 0 aromatic heterocycles. The first-order valence-corrected chi connectivity index (χ1v) is 10.4. The van der Waals surface area contributed by atoms with Gasteiger partial charge in [-0.3, -0.25) is 14.4 Å². The Hall–Kier alpha value is -2.95. The van der Waals surface area contributed by atoms with Crippen LogP contribution in [-0.4, -0.2) is 17.7 Å². The Kier molecular flexibility index (Phi) is 4.46. The van der Waals surface area contributed by atoms with Crippen molar-refractivity contribution in [1.82, 2.24) is 0 Å². The molecule has 148 valence electrons. The van der Waals surface area contributed by atoms with Crippen LogP contribution in [0.3, 0.4) is 0 Å². The average molecular weight is 388 g/mol. The number of anilines is 2. The Morgan fingerprint density at radius 3 is 2.31 bits per heavy atom. The molecule has 29 heavy (non-hydrogen) atoms. The minimum atomic E-state index is -0.134. The van der Waals surface area contributed by atoms with Crippen LogP contribution >= 0.6 is 0 Å². The SMILES string of the molecule is O=C(CCc1ccccc1)Nc1cccc(N2C(=O)C3C4CCC(C4)C3C2=O)c1. The van der Waals surface area contributed by atoms with Gasteiger partial charge in [-0.2, -0.15) is 0 Å². The van der Waals surface area contributed by atoms with Gasteiger partial charge in [0.2, 0.25) is 17.7 Å². The molecule has 5 nitrogen and oxygen atoms in total. The molecule has 2 bridgehead atoms. The van der Waals surface area contributed by atoms with Crippen molar-refractivity contribution in [2.45, 2.75) is 32.1 Å². The van der Waals surface area contributed by atoms with Crippen molar-refractivity contribution in [3.05, 3.63) is 60.2 Å². The molecule has 5 rings (SSSR count). The highest BCUT2D eigenvalue weighted by Gasteiger charge is 2.61. The topological polar surface area (TPSA) is 66.5 Å². The predicted octanol–water partition coefficient (Wildman–Crippen LogP) is 3.79. The molecule has 2 aromatic rings. The van der Waals surface area contributed by atoms with Crippen LogP contribution in [0.1, 0.15) is 31.2 Å². The normalized spacial score (nSPS) is 27.4. The molecule has 2 aromatic carbocycles. The number of carbonyl (C=O) groups excluding carboxylic acids is 3. The van der Waals surface area contributed by atoms with Crippen molar-refractivity contribution in [3.63, 3.8) is 0 Å². The van der Waals surface area contributed by atoms with Crippen LogP contribution in [0.2, 0.25) is 0 Å². The van der Waals surface area contributed by atoms with Crippen LogP contribution < -0.4 is 10.2 Å². The van der Waals surface area contributed by atoms with E-state index in [1.54, 1.807) is 24.3 Å². The van der Waals surface area contributed by atoms with Gasteiger partial charge >= 0.3 is 0 Å². The first-order valence-electron chi connectivity index (χ1n) is 10.4. The minimum absolute atomic E-state index is 0.0558. The molecule has 3 fully saturated rings. The van der Waals surface area contributed by atoms with Gasteiger partial charge < -0.3 is 5.32 Å². The summed E-state index contributed by atoms with van der Waals surface area (Å²) in [7, 11) is 0. The van der Waals surface area contributed by atoms with Gasteiger partial charge in [0.25, 0.3) is 0 Å². The second-order valence-electron chi connectivity index (χ2n) is 8.48. The molecule has 0 radical (unpaired) electrons. The number of fused-ring (bicyclic) bond motifs is 5. The summed E-state index contributed by atoms with van der Waals surface area (Å²) in [5, 5.41) is 2.90. The van der Waals surface area contributed by atoms with Crippen LogP contribution in [0.15, 0.2) is 54.6 Å². The van der Waals surface area contributed by atoms with Gasteiger partial charge in [0.05, 0.1) is 17.5 Å². The number of imide groups is 1. The van der Waals surface area contributed by atoms with Gasteiger partial charge in [-0.1, -0.05) is 36.4 Å². The Morgan fingerprint density at radius 2 is 1.62 bits per heavy atom. The second-order valence-corrected chi connectivity index (χ2v) is 8.48. The summed E-state index contributed by atoms with van der Waals surface area (Å²) in [5.74, 6) is 0.273. The van der Waals surface area contributed by atoms with Crippen LogP contribution in [0.4, 0.5) is 11.4 Å². The third-order valence-electron chi connectivity index (χ3n) is 6.80. The van der Waals surface area contributed by atoms with Gasteiger partial charge in [-0.15, -0.1) is 0 Å². The predicted molar refractivity (Wildman–Crippen MR) is 110 cm³/mol. The summed E-state index contributed by atoms with van der Waals surface area (Å²) < 4.78 is 0. The molecule has 2 saturated carbocycles. The summed E-state index contributed by atoms with van der Waals surface area (Å²) >= 11 is 0. The van der Waals surface area contributed by atoms with Crippen molar-refractivity contribution in [2.75, 3.05) is 10.2 Å². The summed E-state index contributed by atoms with van der Waals surface area (Å²) in [5.41, 5.74) is 2.29. The van der Waals surface area contributed by atoms with Crippen molar-refractivity contribution >= 4 is 29.1 Å². The molecule has 5 heteroatoms. The average Bonchev–Trinajstić information content (AvgIpc) is 3.41. The zero-order valence-corrected chi connectivity index (χ0v) is 16.2. The highest BCUT2D eigenvalue weighted by Crippen LogP contribution is 2.56. The highest BCUT2D eigenvalue weighted by atomic mass is 16.2. The van der Waals surface area contributed by atoms with Gasteiger partial charge in [-0.05, 0) is 61.3 Å². The van der Waals surface area contributed by atoms with Gasteiger partial charge in [0, 0.05) is 12.1 Å². The Labute approximate surface area is 170 Å². The number of rotatable bonds is 5. The number of nitrogens with one attached hydrogen (secondary N) is 1. The number of amides is 3. The zero-order chi connectivity index (χ0) is 20.0. The van der Waals surface area contributed by atoms with Crippen molar-refractivity contribution in [2.24, 2.45) is 23.7 Å². The smallest absolute Gasteiger partial charge is 0.237 e. The van der Waals surface area contributed by atoms with E-state index in [2.05, 4.69) is 5.32 Å². The molecular weight excluding hydrogens is 364 g/mol. The van der Waals surface area contributed by atoms with Gasteiger partial charge in [0.15, 0.2) is 0 Å². The second kappa shape index (κ2) is 7.14. The maximum absolute atomic E-state index is 13.0. The minimum Gasteiger partial charge on any atom is -0.326 e. The van der Waals surface area contributed by atoms with E-state index in [0.717, 1.165) is 24.8 Å². The monoisotopic (exact) mass is 388 g/mol. The van der Waals surface area contributed by atoms with Crippen LogP contribution in [-0.2, 0) is 20.8 Å². The molecule has 2 aliphatic carbocycles. The highest BCUT2D eigenvalue weighted by molar-refractivity contribution is 6.22. The molecule has 1 heterocycles. The molecular formula is C24H24N2O3. The maximum atomic E-state index is 13.0. The Bertz CT molecular complexity index is 943. The van der Waals surface area contributed by atoms with E-state index < -0.39 is 0 Å². The molecule has 0 spiro atoms. The number of hydrogen-bond donors (Lipinski definition) is 1. The molecule has 1 saturated heterocycles. The Morgan fingerprint density at radius 1 is 0.931 bits per heavy atom. The van der Waals surface area contributed by atoms with Crippen LogP contribution in [0.5, 0.6) is 0 Å². The van der Waals surface area contributed by atoms with E-state index in [9.17, 15) is 14.4 Å². The zero-order valence-electron chi connectivity index (χ0n) is 16.2. The molecule has 4 atom stereocenters. The summed E-state index contributed by atoms with van der Waals surface area (Å²) in [4.78, 5) is 39.7. The first kappa shape index (κ1) is 18.1. The van der Waals surface area contributed by atoms with Crippen LogP contribution in [0, 0.1) is 23.7 Å². The number of benzene rings is 2. The van der Waals surface area contributed by atoms with E-state index in [4.69, 9.17) is 0 Å². The molecule has 3 amide bonds. The van der Waals surface area contributed by atoms with Gasteiger partial charge in [-0.25, -0.2) is 4.90 Å². The van der Waals surface area contributed by atoms with E-state index in [1.807, 2.05) is 30.3 Å². The summed E-state index contributed by atoms with van der Waals surface area (Å²) in [6.07, 6.45) is 4.20. The van der Waals surface area contributed by atoms with Crippen molar-refractivity contribution in [1.29, 1.82) is 0 Å². The third-order valence-corrected chi connectivity index (χ3v) is 6.80. The van der Waals surface area contributed by atoms with E-state index in [1.165, 1.54) is 4.90 Å². The fourth-order valence-electron chi connectivity index (χ4n) is 5.51. The van der Waals surface area contributed by atoms with Crippen molar-refractivity contribution < 1.29 is 14.4 Å². The molecule has 3 aliphatic rings. The lowest BCUT2D eigenvalue weighted by Gasteiger charge is -2.19. The molecule has 4 unspecified atom stereocenters. The number of aryl methyl sites for hydroxylation is 1. The number of nitrogens with zero attached hydrogens (tertiary/aromatic N) is 1. The van der Waals surface area contributed by atoms with E-state index >= 15 is 0 Å². The first-order chi connectivity index (χ1) is 14.1. The lowest BCUT2D eigenvalue weighted by molar-refractivity contribution is -0.123. The standard InChI is InChI=1S/C24H24N2O3/c27-20(12-9-15-5-2-1-3-6-15)25-18-7-4-8-19(14-18)26-23(28)21-16-10-11-17(13-16)22(21)24(26)29/h1-8,14,16-17,21-22H,9-13H2,(H,25,27). The Balaban J connectivity index is 1.28. The molecule has 1 N–H and O–H groups in total. The summed E-state index contributed by atoms with van der Waals surface area (Å²) in [6, 6.07) is 17.0. The lowest BCUT2D eigenvalue weighted by Crippen LogP contribution is -2.32. The lowest BCUT2D eigenvalue weighted by atomic mass is 9.81. The molecule has 1 aliphatic heterocycles. The van der Waals surface area contributed by atoms with E-state index in [0.29, 0.717) is 36.1 Å². The van der Waals surface area contributed by atoms with Gasteiger partial charge in [0.1, 0.15) is 0 Å². The fraction of sp³-hybridized carbons (Fsp3) is 0.375. The van der Waals surface area contributed by atoms with Crippen LogP contribution in [0.25, 0.3) is 0 Å². The van der Waals surface area contributed by atoms with Crippen molar-refractivity contribution in [3.8, 4) is 0 Å². The largest absolute Gasteiger partial charge is 0.326 e. The quantitative estimate of drug-likeness (QED) is 0.793. The maximum Gasteiger partial charge on any atom is 0.237 e. The summed E-state index contributed by atoms with van der Waals surface area (Å²) in [6.45, 7) is 0. The number of carbonyl (C=O) groups is 3. The fourth-order valence-corrected chi connectivity index (χ4v) is 5.51. The third kappa shape index (κ3) is 3.15. The van der Waals surface area contributed by atoms with E-state index in [-0.39, 0.29) is 29.6 Å².